The molecule has 2 aliphatic heterocycles. The van der Waals surface area contributed by atoms with E-state index >= 15 is 0 Å². The summed E-state index contributed by atoms with van der Waals surface area (Å²) in [6.07, 6.45) is 6.85. The normalized spacial score (nSPS) is 38.2. The maximum atomic E-state index is 4.02. The van der Waals surface area contributed by atoms with E-state index in [0.29, 0.717) is 0 Å². The minimum Gasteiger partial charge on any atom is -0.291 e. The molecule has 2 saturated heterocycles. The molecule has 0 aromatic rings. The number of hydrogen-bond acceptors (Lipinski definition) is 2. The average Bonchev–Trinajstić information content (AvgIpc) is 2.19. The Hall–Kier alpha value is -0.530. The maximum Gasteiger partial charge on any atom is 0.0493 e. The lowest BCUT2D eigenvalue weighted by atomic mass is 9.94. The quantitative estimate of drug-likeness (QED) is 0.503. The zero-order chi connectivity index (χ0) is 6.97. The number of rotatable bonds is 1. The Kier molecular flexibility index (Phi) is 1.40. The van der Waals surface area contributed by atoms with Gasteiger partial charge in [-0.2, -0.15) is 5.10 Å². The van der Waals surface area contributed by atoms with Gasteiger partial charge in [-0.1, -0.05) is 12.8 Å². The second-order valence-corrected chi connectivity index (χ2v) is 3.35. The first-order valence-corrected chi connectivity index (χ1v) is 4.17. The van der Waals surface area contributed by atoms with E-state index < -0.39 is 0 Å². The van der Waals surface area contributed by atoms with E-state index in [4.69, 9.17) is 0 Å². The highest BCUT2D eigenvalue weighted by molar-refractivity contribution is 5.23. The Morgan fingerprint density at radius 2 is 1.80 bits per heavy atom. The van der Waals surface area contributed by atoms with Crippen LogP contribution < -0.4 is 0 Å². The van der Waals surface area contributed by atoms with Gasteiger partial charge in [0.2, 0.25) is 0 Å². The standard InChI is InChI=1S/C8H14N2/c1-9-10-7-4-2-3-5-8(10)6-7/h7-8H,1-6H2. The van der Waals surface area contributed by atoms with Crippen LogP contribution in [0, 0.1) is 0 Å². The molecule has 0 N–H and O–H groups in total. The van der Waals surface area contributed by atoms with Crippen molar-refractivity contribution in [3.8, 4) is 0 Å². The third kappa shape index (κ3) is 0.746. The molecule has 0 spiro atoms. The Bertz CT molecular complexity index is 128. The molecule has 1 saturated carbocycles. The lowest BCUT2D eigenvalue weighted by Gasteiger charge is -2.44. The van der Waals surface area contributed by atoms with E-state index in [1.165, 1.54) is 32.1 Å². The van der Waals surface area contributed by atoms with Crippen LogP contribution in [0.5, 0.6) is 0 Å². The molecule has 3 aliphatic rings. The summed E-state index contributed by atoms with van der Waals surface area (Å²) in [7, 11) is 0. The molecule has 2 nitrogen and oxygen atoms in total. The SMILES string of the molecule is C=NN1C2CCCCC1C2. The molecule has 56 valence electrons. The molecular weight excluding hydrogens is 124 g/mol. The van der Waals surface area contributed by atoms with Crippen molar-refractivity contribution in [2.45, 2.75) is 44.2 Å². The van der Waals surface area contributed by atoms with Crippen molar-refractivity contribution < 1.29 is 0 Å². The molecule has 2 heteroatoms. The molecule has 0 aromatic carbocycles. The topological polar surface area (TPSA) is 15.6 Å². The molecule has 2 atom stereocenters. The second kappa shape index (κ2) is 2.26. The Labute approximate surface area is 61.9 Å². The number of hydrogen-bond donors (Lipinski definition) is 0. The first-order chi connectivity index (χ1) is 4.92. The fraction of sp³-hybridized carbons (Fsp3) is 0.875. The summed E-state index contributed by atoms with van der Waals surface area (Å²) in [6.45, 7) is 3.58. The van der Waals surface area contributed by atoms with Crippen LogP contribution in [0.1, 0.15) is 32.1 Å². The maximum absolute atomic E-state index is 4.02. The molecule has 0 radical (unpaired) electrons. The lowest BCUT2D eigenvalue weighted by molar-refractivity contribution is 0.0238. The third-order valence-corrected chi connectivity index (χ3v) is 2.78. The van der Waals surface area contributed by atoms with E-state index in [-0.39, 0.29) is 0 Å². The summed E-state index contributed by atoms with van der Waals surface area (Å²) in [5.41, 5.74) is 0. The molecule has 2 heterocycles. The van der Waals surface area contributed by atoms with Gasteiger partial charge in [-0.15, -0.1) is 0 Å². The molecular formula is C8H14N2. The fourth-order valence-electron chi connectivity index (χ4n) is 2.18. The van der Waals surface area contributed by atoms with E-state index in [0.717, 1.165) is 12.1 Å². The van der Waals surface area contributed by atoms with Crippen LogP contribution in [-0.2, 0) is 0 Å². The first kappa shape index (κ1) is 6.20. The van der Waals surface area contributed by atoms with E-state index in [2.05, 4.69) is 16.8 Å². The number of fused-ring (bicyclic) bond motifs is 3. The van der Waals surface area contributed by atoms with E-state index in [1.807, 2.05) is 0 Å². The van der Waals surface area contributed by atoms with E-state index in [9.17, 15) is 0 Å². The van der Waals surface area contributed by atoms with Gasteiger partial charge < -0.3 is 0 Å². The molecule has 3 fully saturated rings. The second-order valence-electron chi connectivity index (χ2n) is 3.35. The zero-order valence-electron chi connectivity index (χ0n) is 6.29. The van der Waals surface area contributed by atoms with Gasteiger partial charge in [-0.05, 0) is 19.3 Å². The van der Waals surface area contributed by atoms with Crippen LogP contribution in [0.15, 0.2) is 5.10 Å². The largest absolute Gasteiger partial charge is 0.291 e. The van der Waals surface area contributed by atoms with Crippen LogP contribution in [0.2, 0.25) is 0 Å². The van der Waals surface area contributed by atoms with Gasteiger partial charge in [0.1, 0.15) is 0 Å². The minimum absolute atomic E-state index is 0.755. The summed E-state index contributed by atoms with van der Waals surface area (Å²) in [5, 5.41) is 6.22. The smallest absolute Gasteiger partial charge is 0.0493 e. The van der Waals surface area contributed by atoms with Crippen molar-refractivity contribution in [3.05, 3.63) is 0 Å². The summed E-state index contributed by atoms with van der Waals surface area (Å²) < 4.78 is 0. The summed E-state index contributed by atoms with van der Waals surface area (Å²) in [6, 6.07) is 1.51. The number of nitrogens with zero attached hydrogens (tertiary/aromatic N) is 2. The van der Waals surface area contributed by atoms with Gasteiger partial charge in [0.25, 0.3) is 0 Å². The third-order valence-electron chi connectivity index (χ3n) is 2.78. The molecule has 0 amide bonds. The molecule has 2 bridgehead atoms. The van der Waals surface area contributed by atoms with Gasteiger partial charge in [0.15, 0.2) is 0 Å². The highest BCUT2D eigenvalue weighted by atomic mass is 15.5. The Morgan fingerprint density at radius 3 is 2.30 bits per heavy atom. The average molecular weight is 138 g/mol. The van der Waals surface area contributed by atoms with Crippen molar-refractivity contribution in [1.29, 1.82) is 0 Å². The Balaban J connectivity index is 2.04. The van der Waals surface area contributed by atoms with Crippen LogP contribution in [-0.4, -0.2) is 23.8 Å². The highest BCUT2D eigenvalue weighted by Crippen LogP contribution is 2.36. The first-order valence-electron chi connectivity index (χ1n) is 4.17. The predicted octanol–water partition coefficient (Wildman–Crippen LogP) is 1.62. The van der Waals surface area contributed by atoms with Gasteiger partial charge in [-0.25, -0.2) is 0 Å². The summed E-state index contributed by atoms with van der Waals surface area (Å²) in [4.78, 5) is 0. The van der Waals surface area contributed by atoms with Crippen molar-refractivity contribution in [2.75, 3.05) is 0 Å². The summed E-state index contributed by atoms with van der Waals surface area (Å²) >= 11 is 0. The van der Waals surface area contributed by atoms with Crippen LogP contribution in [0.25, 0.3) is 0 Å². The van der Waals surface area contributed by atoms with Crippen LogP contribution in [0.3, 0.4) is 0 Å². The van der Waals surface area contributed by atoms with Crippen molar-refractivity contribution in [1.82, 2.24) is 5.01 Å². The van der Waals surface area contributed by atoms with Gasteiger partial charge in [0.05, 0.1) is 0 Å². The molecule has 2 unspecified atom stereocenters. The zero-order valence-corrected chi connectivity index (χ0v) is 6.29. The Morgan fingerprint density at radius 1 is 1.20 bits per heavy atom. The molecule has 0 aromatic heterocycles. The lowest BCUT2D eigenvalue weighted by Crippen LogP contribution is -2.50. The monoisotopic (exact) mass is 138 g/mol. The molecule has 3 rings (SSSR count). The van der Waals surface area contributed by atoms with Crippen molar-refractivity contribution in [3.63, 3.8) is 0 Å². The van der Waals surface area contributed by atoms with E-state index in [1.54, 1.807) is 0 Å². The summed E-state index contributed by atoms with van der Waals surface area (Å²) in [5.74, 6) is 0. The van der Waals surface area contributed by atoms with Gasteiger partial charge >= 0.3 is 0 Å². The highest BCUT2D eigenvalue weighted by Gasteiger charge is 2.38. The van der Waals surface area contributed by atoms with Crippen molar-refractivity contribution in [2.24, 2.45) is 5.10 Å². The van der Waals surface area contributed by atoms with Crippen LogP contribution in [0.4, 0.5) is 0 Å². The van der Waals surface area contributed by atoms with Crippen LogP contribution >= 0.6 is 0 Å². The molecule has 10 heavy (non-hydrogen) atoms. The number of hydrazone groups is 1. The molecule has 1 aliphatic carbocycles. The van der Waals surface area contributed by atoms with Crippen molar-refractivity contribution >= 4 is 6.72 Å². The predicted molar refractivity (Wildman–Crippen MR) is 42.0 cm³/mol. The van der Waals surface area contributed by atoms with Gasteiger partial charge in [0, 0.05) is 18.8 Å². The van der Waals surface area contributed by atoms with Gasteiger partial charge in [-0.3, -0.25) is 5.01 Å². The fourth-order valence-corrected chi connectivity index (χ4v) is 2.18. The minimum atomic E-state index is 0.755.